The maximum Gasteiger partial charge on any atom is 0.328 e. The van der Waals surface area contributed by atoms with E-state index in [0.717, 1.165) is 6.92 Å². The van der Waals surface area contributed by atoms with Gasteiger partial charge < -0.3 is 49.1 Å². The van der Waals surface area contributed by atoms with Crippen LogP contribution < -0.4 is 38.9 Å². The van der Waals surface area contributed by atoms with Gasteiger partial charge in [-0.15, -0.1) is 0 Å². The number of hydrogen-bond donors (Lipinski definition) is 9. The van der Waals surface area contributed by atoms with Crippen molar-refractivity contribution in [2.75, 3.05) is 6.54 Å². The molecule has 0 heterocycles. The van der Waals surface area contributed by atoms with Gasteiger partial charge in [0.25, 0.3) is 0 Å². The Morgan fingerprint density at radius 3 is 2.00 bits per heavy atom. The number of hydrogen-bond acceptors (Lipinski definition) is 8. The topological polar surface area (TPSA) is 278 Å². The number of carboxylic acids is 1. The maximum absolute atomic E-state index is 12.4. The molecule has 0 rings (SSSR count). The number of rotatable bonds is 14. The lowest BCUT2D eigenvalue weighted by atomic mass is 10.1. The van der Waals surface area contributed by atoms with E-state index in [1.807, 2.05) is 5.32 Å². The Hall–Kier alpha value is -3.46. The number of nitrogens with one attached hydrogen (secondary N) is 3. The fraction of sp³-hybridized carbons (Fsp3) is 0.647. The van der Waals surface area contributed by atoms with Crippen molar-refractivity contribution in [2.24, 2.45) is 27.9 Å². The summed E-state index contributed by atoms with van der Waals surface area (Å²) in [6.07, 6.45) is -1.44. The number of carbonyl (C=O) groups is 5. The third kappa shape index (κ3) is 11.1. The van der Waals surface area contributed by atoms with Crippen LogP contribution in [0.15, 0.2) is 4.99 Å². The Kier molecular flexibility index (Phi) is 12.3. The van der Waals surface area contributed by atoms with Crippen molar-refractivity contribution in [2.45, 2.75) is 63.4 Å². The summed E-state index contributed by atoms with van der Waals surface area (Å²) in [5.74, 6) is -5.11. The van der Waals surface area contributed by atoms with Crippen molar-refractivity contribution in [1.82, 2.24) is 16.0 Å². The van der Waals surface area contributed by atoms with Crippen molar-refractivity contribution in [3.8, 4) is 0 Å². The summed E-state index contributed by atoms with van der Waals surface area (Å²) in [7, 11) is 0. The lowest BCUT2D eigenvalue weighted by Gasteiger charge is -2.24. The molecule has 13 N–H and O–H groups in total. The zero-order valence-electron chi connectivity index (χ0n) is 17.9. The molecule has 0 fully saturated rings. The number of carboxylic acid groups (broad SMARTS) is 1. The van der Waals surface area contributed by atoms with Crippen LogP contribution in [0.1, 0.15) is 33.1 Å². The van der Waals surface area contributed by atoms with Crippen LogP contribution >= 0.6 is 0 Å². The zero-order valence-corrected chi connectivity index (χ0v) is 17.9. The van der Waals surface area contributed by atoms with Crippen molar-refractivity contribution in [3.63, 3.8) is 0 Å². The van der Waals surface area contributed by atoms with Gasteiger partial charge in [-0.25, -0.2) is 4.79 Å². The molecular weight excluding hydrogens is 428 g/mol. The minimum absolute atomic E-state index is 0.0917. The van der Waals surface area contributed by atoms with Crippen LogP contribution in [0.4, 0.5) is 0 Å². The second kappa shape index (κ2) is 13.8. The molecule has 0 aliphatic rings. The average molecular weight is 460 g/mol. The minimum Gasteiger partial charge on any atom is -0.480 e. The van der Waals surface area contributed by atoms with Crippen molar-refractivity contribution >= 4 is 35.6 Å². The Morgan fingerprint density at radius 2 is 1.53 bits per heavy atom. The molecule has 182 valence electrons. The molecule has 5 atom stereocenters. The number of aliphatic carboxylic acids is 1. The van der Waals surface area contributed by atoms with Crippen LogP contribution in [0.25, 0.3) is 0 Å². The Labute approximate surface area is 184 Å². The molecule has 0 aromatic rings. The largest absolute Gasteiger partial charge is 0.480 e. The monoisotopic (exact) mass is 460 g/mol. The van der Waals surface area contributed by atoms with Crippen LogP contribution in [0.3, 0.4) is 0 Å². The molecule has 15 heteroatoms. The summed E-state index contributed by atoms with van der Waals surface area (Å²) in [5.41, 5.74) is 21.2. The summed E-state index contributed by atoms with van der Waals surface area (Å²) in [4.78, 5) is 63.0. The van der Waals surface area contributed by atoms with Crippen LogP contribution in [0.2, 0.25) is 0 Å². The first-order chi connectivity index (χ1) is 14.8. The van der Waals surface area contributed by atoms with E-state index in [4.69, 9.17) is 28.0 Å². The van der Waals surface area contributed by atoms with Crippen LogP contribution in [0, 0.1) is 0 Å². The smallest absolute Gasteiger partial charge is 0.328 e. The lowest BCUT2D eigenvalue weighted by Crippen LogP contribution is -2.58. The van der Waals surface area contributed by atoms with Gasteiger partial charge in [0, 0.05) is 6.54 Å². The lowest BCUT2D eigenvalue weighted by molar-refractivity contribution is -0.145. The molecule has 0 saturated heterocycles. The minimum atomic E-state index is -1.68. The number of nitrogens with zero attached hydrogens (tertiary/aromatic N) is 1. The number of aliphatic hydroxyl groups is 1. The van der Waals surface area contributed by atoms with E-state index in [0.29, 0.717) is 6.42 Å². The van der Waals surface area contributed by atoms with Gasteiger partial charge in [-0.05, 0) is 26.7 Å². The van der Waals surface area contributed by atoms with Crippen molar-refractivity contribution in [1.29, 1.82) is 0 Å². The summed E-state index contributed by atoms with van der Waals surface area (Å²) in [6, 6.07) is -5.31. The Morgan fingerprint density at radius 1 is 0.938 bits per heavy atom. The third-order valence-electron chi connectivity index (χ3n) is 4.14. The van der Waals surface area contributed by atoms with Gasteiger partial charge in [0.2, 0.25) is 23.6 Å². The van der Waals surface area contributed by atoms with Gasteiger partial charge in [0.1, 0.15) is 12.1 Å². The molecule has 15 nitrogen and oxygen atoms in total. The standard InChI is InChI=1S/C17H32N8O7/c1-7(23-14(29)9(18)4-3-5-22-17(20)21)13(28)24-10(6-11(19)27)15(30)25-12(8(2)26)16(31)32/h7-10,12,26H,3-6,18H2,1-2H3,(H2,19,27)(H,23,29)(H,24,28)(H,25,30)(H,31,32)(H4,20,21,22). The fourth-order valence-corrected chi connectivity index (χ4v) is 2.39. The Bertz CT molecular complexity index is 724. The van der Waals surface area contributed by atoms with Crippen LogP contribution in [-0.4, -0.2) is 82.6 Å². The quantitative estimate of drug-likeness (QED) is 0.0677. The zero-order chi connectivity index (χ0) is 25.0. The van der Waals surface area contributed by atoms with E-state index in [2.05, 4.69) is 15.6 Å². The molecule has 0 aliphatic carbocycles. The van der Waals surface area contributed by atoms with E-state index in [-0.39, 0.29) is 18.9 Å². The molecule has 0 saturated carbocycles. The SMILES string of the molecule is CC(NC(=O)C(N)CCCN=C(N)N)C(=O)NC(CC(N)=O)C(=O)NC(C(=O)O)C(C)O. The molecule has 0 aromatic carbocycles. The molecular formula is C17H32N8O7. The first-order valence-electron chi connectivity index (χ1n) is 9.67. The summed E-state index contributed by atoms with van der Waals surface area (Å²) >= 11 is 0. The normalized spacial score (nSPS) is 15.2. The number of guanidine groups is 1. The molecule has 0 aromatic heterocycles. The number of carbonyl (C=O) groups excluding carboxylic acids is 4. The van der Waals surface area contributed by atoms with Gasteiger partial charge >= 0.3 is 5.97 Å². The molecule has 0 aliphatic heterocycles. The van der Waals surface area contributed by atoms with E-state index in [1.54, 1.807) is 0 Å². The summed E-state index contributed by atoms with van der Waals surface area (Å²) in [6.45, 7) is 2.72. The molecule has 4 amide bonds. The van der Waals surface area contributed by atoms with Gasteiger partial charge in [-0.2, -0.15) is 0 Å². The van der Waals surface area contributed by atoms with Crippen LogP contribution in [0.5, 0.6) is 0 Å². The third-order valence-corrected chi connectivity index (χ3v) is 4.14. The number of aliphatic imine (C=N–C) groups is 1. The highest BCUT2D eigenvalue weighted by Crippen LogP contribution is 2.00. The van der Waals surface area contributed by atoms with Crippen molar-refractivity contribution in [3.05, 3.63) is 0 Å². The fourth-order valence-electron chi connectivity index (χ4n) is 2.39. The second-order valence-electron chi connectivity index (χ2n) is 7.08. The van der Waals surface area contributed by atoms with Gasteiger partial charge in [0.05, 0.1) is 18.6 Å². The van der Waals surface area contributed by atoms with Gasteiger partial charge in [-0.1, -0.05) is 0 Å². The number of aliphatic hydroxyl groups excluding tert-OH is 1. The highest BCUT2D eigenvalue weighted by molar-refractivity contribution is 5.96. The second-order valence-corrected chi connectivity index (χ2v) is 7.08. The molecule has 32 heavy (non-hydrogen) atoms. The van der Waals surface area contributed by atoms with E-state index in [9.17, 15) is 29.1 Å². The van der Waals surface area contributed by atoms with Gasteiger partial charge in [-0.3, -0.25) is 24.2 Å². The predicted molar refractivity (Wildman–Crippen MR) is 112 cm³/mol. The van der Waals surface area contributed by atoms with E-state index in [1.165, 1.54) is 6.92 Å². The summed E-state index contributed by atoms with van der Waals surface area (Å²) in [5, 5.41) is 25.1. The highest BCUT2D eigenvalue weighted by atomic mass is 16.4. The summed E-state index contributed by atoms with van der Waals surface area (Å²) < 4.78 is 0. The number of nitrogens with two attached hydrogens (primary N) is 4. The van der Waals surface area contributed by atoms with E-state index >= 15 is 0 Å². The van der Waals surface area contributed by atoms with Crippen LogP contribution in [-0.2, 0) is 24.0 Å². The van der Waals surface area contributed by atoms with E-state index < -0.39 is 66.3 Å². The highest BCUT2D eigenvalue weighted by Gasteiger charge is 2.31. The van der Waals surface area contributed by atoms with Crippen molar-refractivity contribution < 1.29 is 34.2 Å². The molecule has 5 unspecified atom stereocenters. The number of amides is 4. The first-order valence-corrected chi connectivity index (χ1v) is 9.67. The predicted octanol–water partition coefficient (Wildman–Crippen LogP) is -4.82. The molecule has 0 bridgehead atoms. The number of primary amides is 1. The molecule has 0 spiro atoms. The molecule has 0 radical (unpaired) electrons. The van der Waals surface area contributed by atoms with Gasteiger partial charge in [0.15, 0.2) is 12.0 Å². The maximum atomic E-state index is 12.4. The average Bonchev–Trinajstić information content (AvgIpc) is 2.67. The Balaban J connectivity index is 4.97. The first kappa shape index (κ1) is 28.5.